The molecular formula is C38H40F3N3O4S. The summed E-state index contributed by atoms with van der Waals surface area (Å²) >= 11 is 0. The average molecular weight is 692 g/mol. The van der Waals surface area contributed by atoms with Crippen LogP contribution in [-0.2, 0) is 38.8 Å². The van der Waals surface area contributed by atoms with Gasteiger partial charge in [-0.15, -0.1) is 0 Å². The molecular weight excluding hydrogens is 651 g/mol. The molecule has 1 saturated carbocycles. The van der Waals surface area contributed by atoms with E-state index >= 15 is 0 Å². The number of hydrogen-bond acceptors (Lipinski definition) is 4. The molecule has 1 N–H and O–H groups in total. The first-order valence-electron chi connectivity index (χ1n) is 16.4. The lowest BCUT2D eigenvalue weighted by atomic mass is 9.94. The maximum atomic E-state index is 14.6. The lowest BCUT2D eigenvalue weighted by Crippen LogP contribution is -2.55. The lowest BCUT2D eigenvalue weighted by Gasteiger charge is -2.35. The highest BCUT2D eigenvalue weighted by molar-refractivity contribution is 7.92. The van der Waals surface area contributed by atoms with Crippen LogP contribution in [0.15, 0.2) is 114 Å². The van der Waals surface area contributed by atoms with Crippen molar-refractivity contribution in [3.8, 4) is 0 Å². The van der Waals surface area contributed by atoms with E-state index in [0.717, 1.165) is 61.4 Å². The molecule has 0 aliphatic heterocycles. The number of anilines is 1. The van der Waals surface area contributed by atoms with Crippen LogP contribution in [0, 0.1) is 6.92 Å². The Bertz CT molecular complexity index is 1810. The molecule has 0 radical (unpaired) electrons. The molecule has 11 heteroatoms. The van der Waals surface area contributed by atoms with E-state index in [1.54, 1.807) is 6.07 Å². The zero-order chi connectivity index (χ0) is 35.0. The first kappa shape index (κ1) is 35.7. The third-order valence-electron chi connectivity index (χ3n) is 8.77. The van der Waals surface area contributed by atoms with E-state index in [1.807, 2.05) is 61.5 Å². The third-order valence-corrected chi connectivity index (χ3v) is 10.6. The molecule has 5 rings (SSSR count). The highest BCUT2D eigenvalue weighted by Crippen LogP contribution is 2.33. The summed E-state index contributed by atoms with van der Waals surface area (Å²) in [5.41, 5.74) is 1.10. The number of aryl methyl sites for hydroxylation is 1. The Morgan fingerprint density at radius 2 is 1.45 bits per heavy atom. The fraction of sp³-hybridized carbons (Fsp3) is 0.316. The summed E-state index contributed by atoms with van der Waals surface area (Å²) in [5, 5.41) is 3.14. The monoisotopic (exact) mass is 691 g/mol. The maximum absolute atomic E-state index is 14.6. The molecule has 0 spiro atoms. The fourth-order valence-electron chi connectivity index (χ4n) is 6.07. The van der Waals surface area contributed by atoms with E-state index in [1.165, 1.54) is 35.2 Å². The Morgan fingerprint density at radius 3 is 2.08 bits per heavy atom. The minimum atomic E-state index is -4.75. The van der Waals surface area contributed by atoms with Gasteiger partial charge in [-0.25, -0.2) is 8.42 Å². The largest absolute Gasteiger partial charge is 0.416 e. The first-order chi connectivity index (χ1) is 23.4. The van der Waals surface area contributed by atoms with Gasteiger partial charge >= 0.3 is 6.18 Å². The number of carbonyl (C=O) groups is 2. The van der Waals surface area contributed by atoms with Crippen LogP contribution in [0.5, 0.6) is 0 Å². The molecule has 4 aromatic carbocycles. The van der Waals surface area contributed by atoms with Crippen molar-refractivity contribution in [1.82, 2.24) is 10.2 Å². The number of rotatable bonds is 12. The lowest BCUT2D eigenvalue weighted by molar-refractivity contribution is -0.140. The number of nitrogens with one attached hydrogen (secondary N) is 1. The van der Waals surface area contributed by atoms with Crippen LogP contribution < -0.4 is 9.62 Å². The molecule has 0 heterocycles. The number of halogens is 3. The SMILES string of the molecule is Cc1ccc(CN(C(=O)CN(c2cccc(C(F)(F)F)c2)S(=O)(=O)c2ccccc2)[C@@H](Cc2ccccc2)C(=O)NC2CCCCC2)cc1. The van der Waals surface area contributed by atoms with E-state index in [0.29, 0.717) is 9.87 Å². The Balaban J connectivity index is 1.58. The number of carbonyl (C=O) groups excluding carboxylic acids is 2. The van der Waals surface area contributed by atoms with Gasteiger partial charge in [0.2, 0.25) is 11.8 Å². The molecule has 1 aliphatic rings. The van der Waals surface area contributed by atoms with Gasteiger partial charge in [0.05, 0.1) is 16.1 Å². The first-order valence-corrected chi connectivity index (χ1v) is 17.8. The summed E-state index contributed by atoms with van der Waals surface area (Å²) in [5.74, 6) is -1.11. The van der Waals surface area contributed by atoms with Gasteiger partial charge in [-0.1, -0.05) is 104 Å². The quantitative estimate of drug-likeness (QED) is 0.169. The second kappa shape index (κ2) is 15.7. The molecule has 49 heavy (non-hydrogen) atoms. The summed E-state index contributed by atoms with van der Waals surface area (Å²) in [6, 6.07) is 26.7. The van der Waals surface area contributed by atoms with Gasteiger partial charge in [-0.3, -0.25) is 13.9 Å². The van der Waals surface area contributed by atoms with Crippen molar-refractivity contribution in [2.75, 3.05) is 10.8 Å². The van der Waals surface area contributed by atoms with Gasteiger partial charge in [-0.05, 0) is 61.2 Å². The number of benzene rings is 4. The molecule has 1 fully saturated rings. The van der Waals surface area contributed by atoms with Crippen molar-refractivity contribution >= 4 is 27.5 Å². The van der Waals surface area contributed by atoms with Crippen molar-refractivity contribution in [3.05, 3.63) is 131 Å². The van der Waals surface area contributed by atoms with Gasteiger partial charge in [0, 0.05) is 19.0 Å². The minimum Gasteiger partial charge on any atom is -0.352 e. The van der Waals surface area contributed by atoms with Crippen molar-refractivity contribution in [3.63, 3.8) is 0 Å². The van der Waals surface area contributed by atoms with E-state index in [2.05, 4.69) is 5.32 Å². The fourth-order valence-corrected chi connectivity index (χ4v) is 7.50. The van der Waals surface area contributed by atoms with Crippen LogP contribution in [0.25, 0.3) is 0 Å². The predicted octanol–water partition coefficient (Wildman–Crippen LogP) is 7.30. The van der Waals surface area contributed by atoms with Gasteiger partial charge in [-0.2, -0.15) is 13.2 Å². The zero-order valence-electron chi connectivity index (χ0n) is 27.3. The number of hydrogen-bond donors (Lipinski definition) is 1. The third kappa shape index (κ3) is 9.29. The van der Waals surface area contributed by atoms with E-state index < -0.39 is 40.3 Å². The van der Waals surface area contributed by atoms with Crippen molar-refractivity contribution < 1.29 is 31.2 Å². The van der Waals surface area contributed by atoms with Gasteiger partial charge in [0.1, 0.15) is 12.6 Å². The van der Waals surface area contributed by atoms with Gasteiger partial charge in [0.25, 0.3) is 10.0 Å². The van der Waals surface area contributed by atoms with Crippen molar-refractivity contribution in [2.24, 2.45) is 0 Å². The van der Waals surface area contributed by atoms with Crippen molar-refractivity contribution in [1.29, 1.82) is 0 Å². The van der Waals surface area contributed by atoms with E-state index in [-0.39, 0.29) is 35.5 Å². The van der Waals surface area contributed by atoms with Crippen LogP contribution in [0.4, 0.5) is 18.9 Å². The topological polar surface area (TPSA) is 86.8 Å². The molecule has 258 valence electrons. The van der Waals surface area contributed by atoms with Crippen LogP contribution in [0.3, 0.4) is 0 Å². The van der Waals surface area contributed by atoms with Gasteiger partial charge < -0.3 is 10.2 Å². The Kier molecular flexibility index (Phi) is 11.4. The minimum absolute atomic E-state index is 0.0312. The standard InChI is InChI=1S/C38H40F3N3O4S/c1-28-20-22-30(23-21-28)26-43(35(24-29-12-5-2-6-13-29)37(46)42-32-15-7-3-8-16-32)36(45)27-44(49(47,48)34-18-9-4-10-19-34)33-17-11-14-31(25-33)38(39,40)41/h2,4-6,9-14,17-23,25,32,35H,3,7-8,15-16,24,26-27H2,1H3,(H,42,46)/t35-/m0/s1. The van der Waals surface area contributed by atoms with Gasteiger partial charge in [0.15, 0.2) is 0 Å². The number of nitrogens with zero attached hydrogens (tertiary/aromatic N) is 2. The summed E-state index contributed by atoms with van der Waals surface area (Å²) < 4.78 is 70.4. The Hall–Kier alpha value is -4.64. The second-order valence-electron chi connectivity index (χ2n) is 12.4. The molecule has 0 bridgehead atoms. The molecule has 7 nitrogen and oxygen atoms in total. The molecule has 4 aromatic rings. The van der Waals surface area contributed by atoms with Crippen molar-refractivity contribution in [2.45, 2.75) is 75.1 Å². The van der Waals surface area contributed by atoms with Crippen LogP contribution in [0.1, 0.15) is 54.4 Å². The molecule has 1 aliphatic carbocycles. The normalized spacial score (nSPS) is 14.5. The molecule has 0 saturated heterocycles. The summed E-state index contributed by atoms with van der Waals surface area (Å²) in [6.07, 6.45) is 0.0542. The number of sulfonamides is 1. The smallest absolute Gasteiger partial charge is 0.352 e. The average Bonchev–Trinajstić information content (AvgIpc) is 3.10. The number of alkyl halides is 3. The molecule has 0 unspecified atom stereocenters. The van der Waals surface area contributed by atoms with E-state index in [4.69, 9.17) is 0 Å². The van der Waals surface area contributed by atoms with Crippen LogP contribution >= 0.6 is 0 Å². The van der Waals surface area contributed by atoms with E-state index in [9.17, 15) is 31.2 Å². The Labute approximate surface area is 285 Å². The molecule has 1 atom stereocenters. The highest BCUT2D eigenvalue weighted by atomic mass is 32.2. The Morgan fingerprint density at radius 1 is 0.816 bits per heavy atom. The summed E-state index contributed by atoms with van der Waals surface area (Å²) in [4.78, 5) is 29.9. The highest BCUT2D eigenvalue weighted by Gasteiger charge is 2.37. The summed E-state index contributed by atoms with van der Waals surface area (Å²) in [7, 11) is -4.53. The second-order valence-corrected chi connectivity index (χ2v) is 14.3. The zero-order valence-corrected chi connectivity index (χ0v) is 28.1. The molecule has 2 amide bonds. The maximum Gasteiger partial charge on any atom is 0.416 e. The van der Waals surface area contributed by atoms with Crippen LogP contribution in [-0.4, -0.2) is 43.8 Å². The predicted molar refractivity (Wildman–Crippen MR) is 183 cm³/mol. The van der Waals surface area contributed by atoms with Crippen LogP contribution in [0.2, 0.25) is 0 Å². The summed E-state index contributed by atoms with van der Waals surface area (Å²) in [6.45, 7) is 1.05. The molecule has 0 aromatic heterocycles. The number of amides is 2.